The highest BCUT2D eigenvalue weighted by atomic mass is 19.1. The minimum atomic E-state index is -0.579. The molecule has 1 aromatic heterocycles. The molecule has 0 fully saturated rings. The van der Waals surface area contributed by atoms with Gasteiger partial charge in [0.25, 0.3) is 5.91 Å². The first-order valence-electron chi connectivity index (χ1n) is 8.95. The summed E-state index contributed by atoms with van der Waals surface area (Å²) in [5.41, 5.74) is 8.22. The number of aryl methyl sites for hydroxylation is 1. The molecule has 0 atom stereocenters. The van der Waals surface area contributed by atoms with Crippen molar-refractivity contribution in [3.63, 3.8) is 0 Å². The van der Waals surface area contributed by atoms with Crippen LogP contribution in [0.15, 0.2) is 30.3 Å². The highest BCUT2D eigenvalue weighted by Crippen LogP contribution is 2.30. The molecule has 0 radical (unpaired) electrons. The second-order valence-electron chi connectivity index (χ2n) is 6.44. The van der Waals surface area contributed by atoms with E-state index in [0.717, 1.165) is 18.0 Å². The molecule has 0 saturated heterocycles. The number of aromatic nitrogens is 2. The summed E-state index contributed by atoms with van der Waals surface area (Å²) in [6.07, 6.45) is 0.821. The van der Waals surface area contributed by atoms with Crippen molar-refractivity contribution < 1.29 is 14.0 Å². The maximum absolute atomic E-state index is 13.4. The van der Waals surface area contributed by atoms with Gasteiger partial charge in [0.05, 0.1) is 16.9 Å². The van der Waals surface area contributed by atoms with E-state index in [-0.39, 0.29) is 17.0 Å². The normalized spacial score (nSPS) is 10.9. The molecule has 0 bridgehead atoms. The highest BCUT2D eigenvalue weighted by molar-refractivity contribution is 6.08. The molecule has 2 aromatic carbocycles. The summed E-state index contributed by atoms with van der Waals surface area (Å²) >= 11 is 0. The molecule has 3 aromatic rings. The van der Waals surface area contributed by atoms with Crippen LogP contribution in [0.3, 0.4) is 0 Å². The highest BCUT2D eigenvalue weighted by Gasteiger charge is 2.19. The van der Waals surface area contributed by atoms with E-state index < -0.39 is 11.7 Å². The summed E-state index contributed by atoms with van der Waals surface area (Å²) in [7, 11) is 1.72. The quantitative estimate of drug-likeness (QED) is 0.445. The van der Waals surface area contributed by atoms with Gasteiger partial charge >= 0.3 is 0 Å². The zero-order chi connectivity index (χ0) is 20.4. The summed E-state index contributed by atoms with van der Waals surface area (Å²) in [4.78, 5) is 29.1. The first-order chi connectivity index (χ1) is 13.4. The molecule has 4 N–H and O–H groups in total. The molecule has 8 heteroatoms. The fraction of sp³-hybridized carbons (Fsp3) is 0.250. The number of halogens is 1. The molecule has 7 nitrogen and oxygen atoms in total. The number of nitrogens with zero attached hydrogens (tertiary/aromatic N) is 2. The third-order valence-corrected chi connectivity index (χ3v) is 4.48. The molecular weight excluding hydrogens is 361 g/mol. The van der Waals surface area contributed by atoms with E-state index in [4.69, 9.17) is 5.73 Å². The van der Waals surface area contributed by atoms with Crippen molar-refractivity contribution in [3.05, 3.63) is 47.3 Å². The molecule has 0 aliphatic rings. The number of rotatable bonds is 6. The number of hydrogen-bond acceptors (Lipinski definition) is 5. The van der Waals surface area contributed by atoms with Gasteiger partial charge in [0.2, 0.25) is 5.95 Å². The first-order valence-corrected chi connectivity index (χ1v) is 8.95. The molecule has 0 aliphatic carbocycles. The van der Waals surface area contributed by atoms with Crippen LogP contribution >= 0.6 is 0 Å². The summed E-state index contributed by atoms with van der Waals surface area (Å²) in [6.45, 7) is 4.13. The molecule has 0 aliphatic heterocycles. The topological polar surface area (TPSA) is 102 Å². The van der Waals surface area contributed by atoms with Crippen LogP contribution in [0.25, 0.3) is 11.0 Å². The minimum absolute atomic E-state index is 0.0799. The molecule has 0 unspecified atom stereocenters. The summed E-state index contributed by atoms with van der Waals surface area (Å²) < 4.78 is 15.3. The van der Waals surface area contributed by atoms with Crippen molar-refractivity contribution in [1.29, 1.82) is 0 Å². The van der Waals surface area contributed by atoms with Gasteiger partial charge in [0, 0.05) is 24.7 Å². The standard InChI is InChI=1S/C20H22FN5O2/c1-4-9-26-16-8-6-13(11(2)27)17(23-3)18(16)24-20(26)25-19(28)12-5-7-14(21)15(22)10-12/h5-8,10,23H,4,9,22H2,1-3H3,(H,24,25,28). The fourth-order valence-corrected chi connectivity index (χ4v) is 3.14. The number of anilines is 3. The third kappa shape index (κ3) is 3.40. The summed E-state index contributed by atoms with van der Waals surface area (Å²) in [5, 5.41) is 5.80. The van der Waals surface area contributed by atoms with Crippen molar-refractivity contribution in [2.45, 2.75) is 26.8 Å². The van der Waals surface area contributed by atoms with Crippen LogP contribution in [0.2, 0.25) is 0 Å². The lowest BCUT2D eigenvalue weighted by Gasteiger charge is -2.10. The molecule has 0 saturated carbocycles. The van der Waals surface area contributed by atoms with Crippen LogP contribution in [-0.2, 0) is 6.54 Å². The largest absolute Gasteiger partial charge is 0.396 e. The number of hydrogen-bond donors (Lipinski definition) is 3. The number of nitrogen functional groups attached to an aromatic ring is 1. The molecule has 28 heavy (non-hydrogen) atoms. The number of benzene rings is 2. The fourth-order valence-electron chi connectivity index (χ4n) is 3.14. The Labute approximate surface area is 161 Å². The molecule has 1 heterocycles. The van der Waals surface area contributed by atoms with Crippen LogP contribution in [0.5, 0.6) is 0 Å². The number of ketones is 1. The Morgan fingerprint density at radius 2 is 2.00 bits per heavy atom. The Bertz CT molecular complexity index is 1070. The molecule has 146 valence electrons. The number of fused-ring (bicyclic) bond motifs is 1. The Morgan fingerprint density at radius 1 is 1.25 bits per heavy atom. The Balaban J connectivity index is 2.08. The summed E-state index contributed by atoms with van der Waals surface area (Å²) in [6, 6.07) is 7.36. The Hall–Kier alpha value is -3.42. The number of nitrogens with two attached hydrogens (primary N) is 1. The van der Waals surface area contributed by atoms with Crippen molar-refractivity contribution in [2.75, 3.05) is 23.4 Å². The van der Waals surface area contributed by atoms with Gasteiger partial charge in [-0.1, -0.05) is 6.92 Å². The van der Waals surface area contributed by atoms with Crippen LogP contribution in [0.1, 0.15) is 41.0 Å². The van der Waals surface area contributed by atoms with Crippen molar-refractivity contribution in [3.8, 4) is 0 Å². The predicted octanol–water partition coefficient (Wildman–Crippen LogP) is 3.66. The van der Waals surface area contributed by atoms with Gasteiger partial charge in [-0.2, -0.15) is 0 Å². The van der Waals surface area contributed by atoms with E-state index in [9.17, 15) is 14.0 Å². The number of imidazole rings is 1. The maximum Gasteiger partial charge on any atom is 0.258 e. The molecule has 1 amide bonds. The zero-order valence-electron chi connectivity index (χ0n) is 16.0. The summed E-state index contributed by atoms with van der Waals surface area (Å²) in [5.74, 6) is -0.757. The minimum Gasteiger partial charge on any atom is -0.396 e. The van der Waals surface area contributed by atoms with Gasteiger partial charge in [0.15, 0.2) is 5.78 Å². The van der Waals surface area contributed by atoms with E-state index in [1.807, 2.05) is 17.6 Å². The van der Waals surface area contributed by atoms with E-state index in [0.29, 0.717) is 29.3 Å². The number of nitrogens with one attached hydrogen (secondary N) is 2. The first kappa shape index (κ1) is 19.3. The second-order valence-corrected chi connectivity index (χ2v) is 6.44. The lowest BCUT2D eigenvalue weighted by molar-refractivity contribution is 0.101. The molecular formula is C20H22FN5O2. The van der Waals surface area contributed by atoms with Gasteiger partial charge in [-0.25, -0.2) is 9.37 Å². The van der Waals surface area contributed by atoms with Crippen molar-refractivity contribution >= 4 is 40.0 Å². The van der Waals surface area contributed by atoms with Gasteiger partial charge in [0.1, 0.15) is 11.3 Å². The monoisotopic (exact) mass is 383 g/mol. The Kier molecular flexibility index (Phi) is 5.30. The van der Waals surface area contributed by atoms with Gasteiger partial charge < -0.3 is 15.6 Å². The van der Waals surface area contributed by atoms with E-state index >= 15 is 0 Å². The van der Waals surface area contributed by atoms with E-state index in [2.05, 4.69) is 15.6 Å². The number of carbonyl (C=O) groups is 2. The van der Waals surface area contributed by atoms with Crippen molar-refractivity contribution in [1.82, 2.24) is 9.55 Å². The number of Topliss-reactive ketones (excluding diaryl/α,β-unsaturated/α-hetero) is 1. The lowest BCUT2D eigenvalue weighted by Crippen LogP contribution is -2.16. The maximum atomic E-state index is 13.4. The molecule has 0 spiro atoms. The Morgan fingerprint density at radius 3 is 2.61 bits per heavy atom. The third-order valence-electron chi connectivity index (χ3n) is 4.48. The van der Waals surface area contributed by atoms with E-state index in [1.54, 1.807) is 13.1 Å². The van der Waals surface area contributed by atoms with E-state index in [1.165, 1.54) is 19.1 Å². The van der Waals surface area contributed by atoms with Gasteiger partial charge in [-0.05, 0) is 43.7 Å². The molecule has 3 rings (SSSR count). The number of amides is 1. The van der Waals surface area contributed by atoms with Crippen molar-refractivity contribution in [2.24, 2.45) is 0 Å². The second kappa shape index (κ2) is 7.67. The predicted molar refractivity (Wildman–Crippen MR) is 108 cm³/mol. The lowest BCUT2D eigenvalue weighted by atomic mass is 10.1. The number of carbonyl (C=O) groups excluding carboxylic acids is 2. The zero-order valence-corrected chi connectivity index (χ0v) is 16.0. The van der Waals surface area contributed by atoms with Crippen LogP contribution in [0.4, 0.5) is 21.7 Å². The van der Waals surface area contributed by atoms with Gasteiger partial charge in [-0.3, -0.25) is 14.9 Å². The SMILES string of the molecule is CCCn1c(NC(=O)c2ccc(F)c(N)c2)nc2c(NC)c(C(C)=O)ccc21. The van der Waals surface area contributed by atoms with Crippen LogP contribution < -0.4 is 16.4 Å². The average molecular weight is 383 g/mol. The smallest absolute Gasteiger partial charge is 0.258 e. The average Bonchev–Trinajstić information content (AvgIpc) is 3.00. The van der Waals surface area contributed by atoms with Gasteiger partial charge in [-0.15, -0.1) is 0 Å². The van der Waals surface area contributed by atoms with Crippen LogP contribution in [-0.4, -0.2) is 28.3 Å². The van der Waals surface area contributed by atoms with Crippen LogP contribution in [0, 0.1) is 5.82 Å².